The van der Waals surface area contributed by atoms with Gasteiger partial charge in [-0.15, -0.1) is 0 Å². The fraction of sp³-hybridized carbons (Fsp3) is 0.244. The minimum atomic E-state index is -0.965. The number of hydrogen-bond acceptors (Lipinski definition) is 11. The second-order valence-electron chi connectivity index (χ2n) is 11.8. The zero-order valence-corrected chi connectivity index (χ0v) is 30.8. The highest BCUT2D eigenvalue weighted by molar-refractivity contribution is 5.78. The molecule has 0 aromatic heterocycles. The van der Waals surface area contributed by atoms with Crippen LogP contribution in [0.25, 0.3) is 24.3 Å². The van der Waals surface area contributed by atoms with Crippen LogP contribution in [-0.4, -0.2) is 72.6 Å². The summed E-state index contributed by atoms with van der Waals surface area (Å²) >= 11 is 0. The Morgan fingerprint density at radius 3 is 1.20 bits per heavy atom. The summed E-state index contributed by atoms with van der Waals surface area (Å²) in [6.45, 7) is 0.228. The Kier molecular flexibility index (Phi) is 15.5. The van der Waals surface area contributed by atoms with Gasteiger partial charge in [-0.3, -0.25) is 9.59 Å². The first-order valence-corrected chi connectivity index (χ1v) is 17.1. The first-order valence-electron chi connectivity index (χ1n) is 17.1. The zero-order valence-electron chi connectivity index (χ0n) is 30.8. The van der Waals surface area contributed by atoms with Crippen molar-refractivity contribution in [3.05, 3.63) is 106 Å². The van der Waals surface area contributed by atoms with E-state index in [1.54, 1.807) is 64.8 Å². The van der Waals surface area contributed by atoms with E-state index in [1.165, 1.54) is 0 Å². The Bertz CT molecular complexity index is 1790. The summed E-state index contributed by atoms with van der Waals surface area (Å²) in [5, 5.41) is 5.49. The van der Waals surface area contributed by atoms with E-state index in [4.69, 9.17) is 39.9 Å². The molecule has 2 amide bonds. The van der Waals surface area contributed by atoms with Gasteiger partial charge in [0, 0.05) is 25.2 Å². The lowest BCUT2D eigenvalue weighted by Crippen LogP contribution is -2.32. The van der Waals surface area contributed by atoms with Crippen molar-refractivity contribution in [2.24, 2.45) is 11.5 Å². The normalized spacial score (nSPS) is 10.9. The largest absolute Gasteiger partial charge is 0.519 e. The first-order chi connectivity index (χ1) is 26.2. The third-order valence-corrected chi connectivity index (χ3v) is 8.04. The summed E-state index contributed by atoms with van der Waals surface area (Å²) in [4.78, 5) is 36.9. The fourth-order valence-corrected chi connectivity index (χ4v) is 5.25. The molecule has 0 heterocycles. The van der Waals surface area contributed by atoms with Gasteiger partial charge in [-0.25, -0.2) is 4.79 Å². The van der Waals surface area contributed by atoms with E-state index in [0.29, 0.717) is 47.0 Å². The molecule has 4 aromatic rings. The van der Waals surface area contributed by atoms with Crippen LogP contribution in [-0.2, 0) is 22.4 Å². The van der Waals surface area contributed by atoms with Gasteiger partial charge in [0.25, 0.3) is 0 Å². The van der Waals surface area contributed by atoms with Crippen LogP contribution in [0.2, 0.25) is 0 Å². The molecule has 0 unspecified atom stereocenters. The number of rotatable bonds is 18. The van der Waals surface area contributed by atoms with Crippen LogP contribution in [0, 0.1) is 0 Å². The van der Waals surface area contributed by atoms with Crippen LogP contribution < -0.4 is 50.5 Å². The van der Waals surface area contributed by atoms with Gasteiger partial charge in [0.1, 0.15) is 34.5 Å². The smallest absolute Gasteiger partial charge is 0.497 e. The summed E-state index contributed by atoms with van der Waals surface area (Å²) in [5.74, 6) is 2.49. The Morgan fingerprint density at radius 1 is 0.519 bits per heavy atom. The molecule has 6 N–H and O–H groups in total. The Balaban J connectivity index is 1.57. The number of ether oxygens (including phenoxy) is 6. The van der Waals surface area contributed by atoms with Gasteiger partial charge in [0.2, 0.25) is 11.8 Å². The zero-order chi connectivity index (χ0) is 38.9. The molecule has 0 aliphatic carbocycles. The van der Waals surface area contributed by atoms with Gasteiger partial charge in [0.15, 0.2) is 0 Å². The van der Waals surface area contributed by atoms with Crippen LogP contribution in [0.5, 0.6) is 34.5 Å². The van der Waals surface area contributed by atoms with Crippen molar-refractivity contribution in [2.75, 3.05) is 54.6 Å². The van der Waals surface area contributed by atoms with Gasteiger partial charge in [-0.05, 0) is 94.8 Å². The van der Waals surface area contributed by atoms with Crippen molar-refractivity contribution in [2.45, 2.75) is 12.8 Å². The Morgan fingerprint density at radius 2 is 0.870 bits per heavy atom. The lowest BCUT2D eigenvalue weighted by Gasteiger charge is -2.14. The molecule has 0 aliphatic heterocycles. The van der Waals surface area contributed by atoms with Crippen molar-refractivity contribution in [1.82, 2.24) is 10.6 Å². The second kappa shape index (κ2) is 20.7. The number of methoxy groups -OCH3 is 4. The van der Waals surface area contributed by atoms with Crippen molar-refractivity contribution in [1.29, 1.82) is 0 Å². The molecular formula is C41H46N4O9. The van der Waals surface area contributed by atoms with E-state index in [2.05, 4.69) is 10.6 Å². The number of nitrogens with two attached hydrogens (primary N) is 2. The molecule has 13 nitrogen and oxygen atoms in total. The van der Waals surface area contributed by atoms with E-state index in [-0.39, 0.29) is 49.5 Å². The highest BCUT2D eigenvalue weighted by Crippen LogP contribution is 2.28. The Hall–Kier alpha value is -6.31. The lowest BCUT2D eigenvalue weighted by atomic mass is 10.0. The number of carbonyl (C=O) groups is 3. The summed E-state index contributed by atoms with van der Waals surface area (Å²) in [5.41, 5.74) is 15.5. The van der Waals surface area contributed by atoms with Gasteiger partial charge in [0.05, 0.1) is 41.5 Å². The molecule has 284 valence electrons. The fourth-order valence-electron chi connectivity index (χ4n) is 5.25. The minimum absolute atomic E-state index is 0.148. The SMILES string of the molecule is COc1cc(/C=C/c2ccc(OC(=O)Oc3ccc(/C=C/c4cc(OC)cc(OC)c4)cc3CCNC(=O)CN)c(CCNC(=O)CN)c2)cc(OC)c1. The van der Waals surface area contributed by atoms with Crippen molar-refractivity contribution in [3.8, 4) is 34.5 Å². The molecule has 0 bridgehead atoms. The minimum Gasteiger partial charge on any atom is -0.497 e. The van der Waals surface area contributed by atoms with Crippen LogP contribution in [0.1, 0.15) is 33.4 Å². The van der Waals surface area contributed by atoms with E-state index >= 15 is 0 Å². The van der Waals surface area contributed by atoms with E-state index in [9.17, 15) is 14.4 Å². The maximum absolute atomic E-state index is 13.3. The number of nitrogens with one attached hydrogen (secondary N) is 2. The molecule has 0 atom stereocenters. The molecule has 0 aliphatic rings. The summed E-state index contributed by atoms with van der Waals surface area (Å²) in [7, 11) is 6.34. The maximum Gasteiger partial charge on any atom is 0.519 e. The van der Waals surface area contributed by atoms with Gasteiger partial charge in [-0.2, -0.15) is 0 Å². The van der Waals surface area contributed by atoms with E-state index in [0.717, 1.165) is 22.3 Å². The van der Waals surface area contributed by atoms with Crippen LogP contribution in [0.15, 0.2) is 72.8 Å². The van der Waals surface area contributed by atoms with Crippen molar-refractivity contribution in [3.63, 3.8) is 0 Å². The number of hydrogen-bond donors (Lipinski definition) is 4. The molecule has 13 heteroatoms. The summed E-state index contributed by atoms with van der Waals surface area (Å²) < 4.78 is 33.0. The molecular weight excluding hydrogens is 692 g/mol. The average molecular weight is 739 g/mol. The quantitative estimate of drug-likeness (QED) is 0.0621. The van der Waals surface area contributed by atoms with Gasteiger partial charge < -0.3 is 50.5 Å². The summed E-state index contributed by atoms with van der Waals surface area (Å²) in [6.07, 6.45) is 7.32. The molecule has 4 rings (SSSR count). The van der Waals surface area contributed by atoms with Crippen LogP contribution in [0.3, 0.4) is 0 Å². The number of carbonyl (C=O) groups excluding carboxylic acids is 3. The molecule has 0 spiro atoms. The standard InChI is InChI=1S/C41H46N4O9/c1-49-33-19-29(20-34(23-33)50-2)7-5-27-9-11-37(31(17-27)13-15-44-39(46)25-42)53-41(48)54-38-12-10-28(18-32(38)14-16-45-40(47)26-43)6-8-30-21-35(51-3)24-36(22-30)52-4/h5-12,17-24H,13-16,25-26,42-43H2,1-4H3,(H,44,46)(H,45,47)/b7-5+,8-6+. The maximum atomic E-state index is 13.3. The summed E-state index contributed by atoms with van der Waals surface area (Å²) in [6, 6.07) is 21.7. The van der Waals surface area contributed by atoms with Crippen LogP contribution in [0.4, 0.5) is 4.79 Å². The first kappa shape index (κ1) is 40.5. The van der Waals surface area contributed by atoms with Crippen LogP contribution >= 0.6 is 0 Å². The number of benzene rings is 4. The highest BCUT2D eigenvalue weighted by Gasteiger charge is 2.16. The molecule has 0 saturated carbocycles. The molecule has 0 saturated heterocycles. The van der Waals surface area contributed by atoms with Crippen molar-refractivity contribution < 1.29 is 42.8 Å². The third-order valence-electron chi connectivity index (χ3n) is 8.04. The molecule has 54 heavy (non-hydrogen) atoms. The lowest BCUT2D eigenvalue weighted by molar-refractivity contribution is -0.120. The predicted molar refractivity (Wildman–Crippen MR) is 208 cm³/mol. The Labute approximate surface area is 314 Å². The van der Waals surface area contributed by atoms with Gasteiger partial charge >= 0.3 is 6.16 Å². The second-order valence-corrected chi connectivity index (χ2v) is 11.8. The predicted octanol–water partition coefficient (Wildman–Crippen LogP) is 4.87. The molecule has 0 fully saturated rings. The third kappa shape index (κ3) is 12.4. The monoisotopic (exact) mass is 738 g/mol. The molecule has 0 radical (unpaired) electrons. The average Bonchev–Trinajstić information content (AvgIpc) is 3.20. The van der Waals surface area contributed by atoms with Gasteiger partial charge in [-0.1, -0.05) is 36.4 Å². The van der Waals surface area contributed by atoms with E-state index in [1.807, 2.05) is 60.7 Å². The van der Waals surface area contributed by atoms with Crippen molar-refractivity contribution >= 4 is 42.3 Å². The van der Waals surface area contributed by atoms with E-state index < -0.39 is 6.16 Å². The topological polar surface area (TPSA) is 183 Å². The molecule has 4 aromatic carbocycles. The highest BCUT2D eigenvalue weighted by atomic mass is 16.7. The number of amides is 2.